The summed E-state index contributed by atoms with van der Waals surface area (Å²) in [6, 6.07) is 10.2. The van der Waals surface area contributed by atoms with Gasteiger partial charge in [0.05, 0.1) is 12.1 Å². The van der Waals surface area contributed by atoms with Crippen molar-refractivity contribution in [1.29, 1.82) is 0 Å². The highest BCUT2D eigenvalue weighted by Crippen LogP contribution is 2.32. The molecule has 1 aromatic carbocycles. The van der Waals surface area contributed by atoms with E-state index in [-0.39, 0.29) is 17.7 Å². The van der Waals surface area contributed by atoms with Crippen molar-refractivity contribution in [2.45, 2.75) is 44.9 Å². The Morgan fingerprint density at radius 1 is 1.11 bits per heavy atom. The number of rotatable bonds is 7. The number of aryl methyl sites for hydroxylation is 2. The number of pyridine rings is 1. The van der Waals surface area contributed by atoms with Crippen LogP contribution in [0.2, 0.25) is 0 Å². The number of halogens is 1. The van der Waals surface area contributed by atoms with Gasteiger partial charge in [0, 0.05) is 5.69 Å². The Labute approximate surface area is 160 Å². The lowest BCUT2D eigenvalue weighted by Crippen LogP contribution is -2.25. The molecule has 27 heavy (non-hydrogen) atoms. The second-order valence-corrected chi connectivity index (χ2v) is 7.27. The van der Waals surface area contributed by atoms with Gasteiger partial charge in [-0.25, -0.2) is 4.39 Å². The minimum atomic E-state index is -0.225. The quantitative estimate of drug-likeness (QED) is 0.493. The van der Waals surface area contributed by atoms with Gasteiger partial charge < -0.3 is 4.74 Å². The van der Waals surface area contributed by atoms with Gasteiger partial charge in [-0.3, -0.25) is 9.78 Å². The van der Waals surface area contributed by atoms with Crippen LogP contribution in [0.25, 0.3) is 0 Å². The first-order valence-electron chi connectivity index (χ1n) is 9.66. The van der Waals surface area contributed by atoms with Crippen LogP contribution in [-0.4, -0.2) is 11.0 Å². The van der Waals surface area contributed by atoms with Crippen LogP contribution in [0.4, 0.5) is 4.39 Å². The zero-order valence-corrected chi connectivity index (χ0v) is 15.6. The monoisotopic (exact) mass is 367 g/mol. The van der Waals surface area contributed by atoms with Gasteiger partial charge in [-0.05, 0) is 80.7 Å². The fraction of sp³-hybridized carbons (Fsp3) is 0.391. The fourth-order valence-corrected chi connectivity index (χ4v) is 3.61. The lowest BCUT2D eigenvalue weighted by molar-refractivity contribution is -0.140. The van der Waals surface area contributed by atoms with E-state index in [4.69, 9.17) is 4.74 Å². The molecule has 2 aromatic rings. The minimum Gasteiger partial charge on any atom is -0.425 e. The average Bonchev–Trinajstić information content (AvgIpc) is 2.69. The third-order valence-electron chi connectivity index (χ3n) is 5.28. The van der Waals surface area contributed by atoms with E-state index in [0.717, 1.165) is 56.2 Å². The van der Waals surface area contributed by atoms with E-state index in [2.05, 4.69) is 11.6 Å². The van der Waals surface area contributed by atoms with Crippen LogP contribution in [0.5, 0.6) is 5.75 Å². The lowest BCUT2D eigenvalue weighted by atomic mass is 9.80. The molecule has 1 aliphatic carbocycles. The molecule has 0 N–H and O–H groups in total. The van der Waals surface area contributed by atoms with Gasteiger partial charge in [-0.1, -0.05) is 18.2 Å². The predicted octanol–water partition coefficient (Wildman–Crippen LogP) is 5.29. The zero-order valence-electron chi connectivity index (χ0n) is 15.6. The molecular formula is C23H26FNO2. The van der Waals surface area contributed by atoms with Crippen molar-refractivity contribution in [1.82, 2.24) is 4.98 Å². The lowest BCUT2D eigenvalue weighted by Gasteiger charge is -2.26. The summed E-state index contributed by atoms with van der Waals surface area (Å²) < 4.78 is 18.4. The number of hydrogen-bond donors (Lipinski definition) is 0. The average molecular weight is 367 g/mol. The van der Waals surface area contributed by atoms with E-state index < -0.39 is 0 Å². The minimum absolute atomic E-state index is 0.00998. The van der Waals surface area contributed by atoms with Gasteiger partial charge >= 0.3 is 5.97 Å². The van der Waals surface area contributed by atoms with Gasteiger partial charge in [0.1, 0.15) is 11.6 Å². The van der Waals surface area contributed by atoms with Crippen molar-refractivity contribution in [3.8, 4) is 5.75 Å². The number of carbonyl (C=O) groups is 1. The first-order chi connectivity index (χ1) is 13.1. The van der Waals surface area contributed by atoms with Crippen LogP contribution in [0.1, 0.15) is 43.4 Å². The van der Waals surface area contributed by atoms with E-state index in [1.165, 1.54) is 12.1 Å². The SMILES string of the molecule is C=CCC1CCC(C(=O)Oc2ccc(CCc3ccc(F)cc3)nc2)CC1. The number of nitrogens with zero attached hydrogens (tertiary/aromatic N) is 1. The van der Waals surface area contributed by atoms with Gasteiger partial charge in [0.15, 0.2) is 0 Å². The molecule has 1 saturated carbocycles. The van der Waals surface area contributed by atoms with Crippen molar-refractivity contribution < 1.29 is 13.9 Å². The summed E-state index contributed by atoms with van der Waals surface area (Å²) >= 11 is 0. The number of carbonyl (C=O) groups excluding carboxylic acids is 1. The Kier molecular flexibility index (Phi) is 6.74. The third kappa shape index (κ3) is 5.75. The largest absolute Gasteiger partial charge is 0.425 e. The number of ether oxygens (including phenoxy) is 1. The molecule has 0 saturated heterocycles. The zero-order chi connectivity index (χ0) is 19.1. The summed E-state index contributed by atoms with van der Waals surface area (Å²) in [4.78, 5) is 16.7. The molecule has 3 rings (SSSR count). The van der Waals surface area contributed by atoms with Crippen molar-refractivity contribution in [3.05, 3.63) is 72.3 Å². The maximum absolute atomic E-state index is 12.9. The van der Waals surface area contributed by atoms with E-state index in [0.29, 0.717) is 11.7 Å². The normalized spacial score (nSPS) is 19.4. The third-order valence-corrected chi connectivity index (χ3v) is 5.28. The predicted molar refractivity (Wildman–Crippen MR) is 104 cm³/mol. The molecule has 0 aliphatic heterocycles. The molecule has 142 valence electrons. The Morgan fingerprint density at radius 3 is 2.48 bits per heavy atom. The fourth-order valence-electron chi connectivity index (χ4n) is 3.61. The molecule has 1 aliphatic rings. The number of aromatic nitrogens is 1. The summed E-state index contributed by atoms with van der Waals surface area (Å²) in [5.74, 6) is 0.779. The van der Waals surface area contributed by atoms with Gasteiger partial charge in [0.25, 0.3) is 0 Å². The van der Waals surface area contributed by atoms with Gasteiger partial charge in [0.2, 0.25) is 0 Å². The number of hydrogen-bond acceptors (Lipinski definition) is 3. The highest BCUT2D eigenvalue weighted by Gasteiger charge is 2.27. The van der Waals surface area contributed by atoms with Crippen molar-refractivity contribution in [2.24, 2.45) is 11.8 Å². The maximum Gasteiger partial charge on any atom is 0.314 e. The molecule has 1 heterocycles. The van der Waals surface area contributed by atoms with Crippen LogP contribution in [-0.2, 0) is 17.6 Å². The molecule has 1 fully saturated rings. The van der Waals surface area contributed by atoms with Crippen LogP contribution in [0.3, 0.4) is 0 Å². The van der Waals surface area contributed by atoms with Crippen molar-refractivity contribution in [2.75, 3.05) is 0 Å². The Hall–Kier alpha value is -2.49. The molecule has 1 aromatic heterocycles. The summed E-state index contributed by atoms with van der Waals surface area (Å²) in [6.07, 6.45) is 10.1. The standard InChI is InChI=1S/C23H26FNO2/c1-2-3-17-4-9-19(10-5-17)23(26)27-22-15-14-21(25-16-22)13-8-18-6-11-20(24)12-7-18/h2,6-7,11-12,14-17,19H,1,3-5,8-10,13H2. The smallest absolute Gasteiger partial charge is 0.314 e. The number of allylic oxidation sites excluding steroid dienone is 1. The van der Waals surface area contributed by atoms with Gasteiger partial charge in [-0.15, -0.1) is 6.58 Å². The molecule has 0 atom stereocenters. The number of esters is 1. The molecule has 0 spiro atoms. The second kappa shape index (κ2) is 9.45. The van der Waals surface area contributed by atoms with E-state index in [1.807, 2.05) is 12.1 Å². The molecular weight excluding hydrogens is 341 g/mol. The molecule has 0 unspecified atom stereocenters. The topological polar surface area (TPSA) is 39.2 Å². The van der Waals surface area contributed by atoms with Crippen molar-refractivity contribution >= 4 is 5.97 Å². The molecule has 0 bridgehead atoms. The number of benzene rings is 1. The summed E-state index contributed by atoms with van der Waals surface area (Å²) in [6.45, 7) is 3.79. The van der Waals surface area contributed by atoms with Crippen LogP contribution in [0.15, 0.2) is 55.3 Å². The Balaban J connectivity index is 1.46. The van der Waals surface area contributed by atoms with Crippen LogP contribution >= 0.6 is 0 Å². The molecule has 0 radical (unpaired) electrons. The molecule has 3 nitrogen and oxygen atoms in total. The van der Waals surface area contributed by atoms with Gasteiger partial charge in [-0.2, -0.15) is 0 Å². The van der Waals surface area contributed by atoms with Crippen molar-refractivity contribution in [3.63, 3.8) is 0 Å². The van der Waals surface area contributed by atoms with E-state index >= 15 is 0 Å². The highest BCUT2D eigenvalue weighted by molar-refractivity contribution is 5.75. The first-order valence-corrected chi connectivity index (χ1v) is 9.66. The van der Waals surface area contributed by atoms with E-state index in [9.17, 15) is 9.18 Å². The summed E-state index contributed by atoms with van der Waals surface area (Å²) in [5, 5.41) is 0. The summed E-state index contributed by atoms with van der Waals surface area (Å²) in [5.41, 5.74) is 1.99. The van der Waals surface area contributed by atoms with E-state index in [1.54, 1.807) is 24.4 Å². The Bertz CT molecular complexity index is 747. The maximum atomic E-state index is 12.9. The molecule has 0 amide bonds. The Morgan fingerprint density at radius 2 is 1.85 bits per heavy atom. The highest BCUT2D eigenvalue weighted by atomic mass is 19.1. The van der Waals surface area contributed by atoms with Crippen LogP contribution < -0.4 is 4.74 Å². The summed E-state index contributed by atoms with van der Waals surface area (Å²) in [7, 11) is 0. The first kappa shape index (κ1) is 19.3. The van der Waals surface area contributed by atoms with Crippen LogP contribution in [0, 0.1) is 17.7 Å². The second-order valence-electron chi connectivity index (χ2n) is 7.27. The molecule has 4 heteroatoms.